The van der Waals surface area contributed by atoms with Gasteiger partial charge in [-0.1, -0.05) is 6.07 Å². The zero-order chi connectivity index (χ0) is 20.3. The van der Waals surface area contributed by atoms with Gasteiger partial charge in [0.15, 0.2) is 0 Å². The number of carboxylic acids is 1. The van der Waals surface area contributed by atoms with E-state index in [1.165, 1.54) is 0 Å². The number of nitrogens with two attached hydrogens (primary N) is 1. The van der Waals surface area contributed by atoms with Crippen molar-refractivity contribution < 1.29 is 19.4 Å². The van der Waals surface area contributed by atoms with Gasteiger partial charge in [-0.2, -0.15) is 0 Å². The predicted molar refractivity (Wildman–Crippen MR) is 105 cm³/mol. The molecule has 0 aliphatic carbocycles. The van der Waals surface area contributed by atoms with Crippen LogP contribution in [-0.4, -0.2) is 39.6 Å². The molecule has 1 atom stereocenters. The summed E-state index contributed by atoms with van der Waals surface area (Å²) in [6, 6.07) is 8.13. The highest BCUT2D eigenvalue weighted by atomic mass is 16.5. The number of aromatic nitrogens is 2. The van der Waals surface area contributed by atoms with E-state index in [-0.39, 0.29) is 29.8 Å². The Bertz CT molecular complexity index is 1040. The Morgan fingerprint density at radius 1 is 1.25 bits per heavy atom. The van der Waals surface area contributed by atoms with Crippen LogP contribution >= 0.6 is 0 Å². The van der Waals surface area contributed by atoms with E-state index in [0.29, 0.717) is 27.9 Å². The van der Waals surface area contributed by atoms with E-state index in [9.17, 15) is 14.7 Å². The van der Waals surface area contributed by atoms with E-state index in [4.69, 9.17) is 10.5 Å². The number of aromatic carboxylic acids is 1. The molecule has 0 spiro atoms. The van der Waals surface area contributed by atoms with Crippen molar-refractivity contribution in [2.24, 2.45) is 0 Å². The van der Waals surface area contributed by atoms with E-state index in [1.807, 2.05) is 0 Å². The Labute approximate surface area is 161 Å². The molecular formula is C20H20N4O4. The van der Waals surface area contributed by atoms with Gasteiger partial charge in [0, 0.05) is 18.0 Å². The smallest absolute Gasteiger partial charge is 0.339 e. The van der Waals surface area contributed by atoms with Crippen molar-refractivity contribution in [2.45, 2.75) is 19.9 Å². The molecule has 0 aliphatic rings. The van der Waals surface area contributed by atoms with Gasteiger partial charge in [-0.15, -0.1) is 0 Å². The molecule has 0 saturated carbocycles. The number of carboxylic acid groups (broad SMARTS) is 1. The SMILES string of the molecule is Cc1nc2cccc(OC[C@H](C)NC(=O)c3ccncc3)c2c(N)c1C(=O)O. The van der Waals surface area contributed by atoms with Gasteiger partial charge in [-0.25, -0.2) is 4.79 Å². The Morgan fingerprint density at radius 2 is 1.96 bits per heavy atom. The second kappa shape index (κ2) is 7.91. The van der Waals surface area contributed by atoms with Crippen molar-refractivity contribution in [1.29, 1.82) is 0 Å². The predicted octanol–water partition coefficient (Wildman–Crippen LogP) is 2.42. The van der Waals surface area contributed by atoms with Crippen LogP contribution in [0.3, 0.4) is 0 Å². The molecule has 28 heavy (non-hydrogen) atoms. The minimum Gasteiger partial charge on any atom is -0.491 e. The lowest BCUT2D eigenvalue weighted by Gasteiger charge is -2.17. The molecule has 1 amide bonds. The molecule has 0 aliphatic heterocycles. The second-order valence-electron chi connectivity index (χ2n) is 6.36. The maximum atomic E-state index is 12.2. The Hall–Kier alpha value is -3.68. The number of aryl methyl sites for hydroxylation is 1. The molecule has 3 aromatic rings. The third-order valence-corrected chi connectivity index (χ3v) is 4.22. The molecular weight excluding hydrogens is 360 g/mol. The number of fused-ring (bicyclic) bond motifs is 1. The van der Waals surface area contributed by atoms with E-state index < -0.39 is 5.97 Å². The van der Waals surface area contributed by atoms with Gasteiger partial charge in [-0.3, -0.25) is 14.8 Å². The summed E-state index contributed by atoms with van der Waals surface area (Å²) in [4.78, 5) is 31.9. The summed E-state index contributed by atoms with van der Waals surface area (Å²) >= 11 is 0. The fraction of sp³-hybridized carbons (Fsp3) is 0.200. The number of nitrogens with one attached hydrogen (secondary N) is 1. The van der Waals surface area contributed by atoms with Gasteiger partial charge >= 0.3 is 5.97 Å². The first-order valence-corrected chi connectivity index (χ1v) is 8.64. The standard InChI is InChI=1S/C20H20N4O4/c1-11(23-19(25)13-6-8-22-9-7-13)10-28-15-5-3-4-14-17(15)18(21)16(20(26)27)12(2)24-14/h3-9,11H,10H2,1-2H3,(H2,21,24)(H,23,25)(H,26,27)/t11-/m0/s1. The maximum absolute atomic E-state index is 12.2. The number of carbonyl (C=O) groups is 2. The van der Waals surface area contributed by atoms with Crippen LogP contribution in [0.1, 0.15) is 33.3 Å². The van der Waals surface area contributed by atoms with Crippen LogP contribution < -0.4 is 15.8 Å². The molecule has 0 bridgehead atoms. The monoisotopic (exact) mass is 380 g/mol. The Morgan fingerprint density at radius 3 is 2.64 bits per heavy atom. The summed E-state index contributed by atoms with van der Waals surface area (Å²) < 4.78 is 5.83. The summed E-state index contributed by atoms with van der Waals surface area (Å²) in [5.41, 5.74) is 7.57. The quantitative estimate of drug-likeness (QED) is 0.599. The molecule has 0 saturated heterocycles. The molecule has 0 fully saturated rings. The first-order valence-electron chi connectivity index (χ1n) is 8.64. The average molecular weight is 380 g/mol. The molecule has 4 N–H and O–H groups in total. The minimum absolute atomic E-state index is 0.0393. The summed E-state index contributed by atoms with van der Waals surface area (Å²) in [6.07, 6.45) is 3.09. The van der Waals surface area contributed by atoms with E-state index in [2.05, 4.69) is 15.3 Å². The number of nitrogens with zero attached hydrogens (tertiary/aromatic N) is 2. The second-order valence-corrected chi connectivity index (χ2v) is 6.36. The van der Waals surface area contributed by atoms with Crippen LogP contribution in [0.4, 0.5) is 5.69 Å². The van der Waals surface area contributed by atoms with Gasteiger partial charge in [0.05, 0.1) is 28.3 Å². The largest absolute Gasteiger partial charge is 0.491 e. The zero-order valence-corrected chi connectivity index (χ0v) is 15.5. The Balaban J connectivity index is 1.80. The normalized spacial score (nSPS) is 11.8. The molecule has 144 valence electrons. The minimum atomic E-state index is -1.14. The number of benzene rings is 1. The van der Waals surface area contributed by atoms with Crippen molar-refractivity contribution >= 4 is 28.5 Å². The number of nitrogen functional groups attached to an aromatic ring is 1. The van der Waals surface area contributed by atoms with Crippen LogP contribution in [0.5, 0.6) is 5.75 Å². The summed E-state index contributed by atoms with van der Waals surface area (Å²) in [7, 11) is 0. The maximum Gasteiger partial charge on any atom is 0.339 e. The van der Waals surface area contributed by atoms with Gasteiger partial charge < -0.3 is 20.9 Å². The molecule has 0 radical (unpaired) electrons. The number of hydrogen-bond donors (Lipinski definition) is 3. The topological polar surface area (TPSA) is 127 Å². The molecule has 1 aromatic carbocycles. The van der Waals surface area contributed by atoms with E-state index >= 15 is 0 Å². The first-order chi connectivity index (χ1) is 13.4. The lowest BCUT2D eigenvalue weighted by molar-refractivity contribution is 0.0696. The summed E-state index contributed by atoms with van der Waals surface area (Å²) in [5.74, 6) is -0.964. The van der Waals surface area contributed by atoms with Crippen molar-refractivity contribution in [2.75, 3.05) is 12.3 Å². The number of hydrogen-bond acceptors (Lipinski definition) is 6. The first kappa shape index (κ1) is 19.1. The van der Waals surface area contributed by atoms with Crippen molar-refractivity contribution in [3.63, 3.8) is 0 Å². The van der Waals surface area contributed by atoms with Crippen molar-refractivity contribution in [3.05, 3.63) is 59.5 Å². The van der Waals surface area contributed by atoms with Crippen molar-refractivity contribution in [3.8, 4) is 5.75 Å². The van der Waals surface area contributed by atoms with Crippen LogP contribution in [0.2, 0.25) is 0 Å². The highest BCUT2D eigenvalue weighted by Gasteiger charge is 2.19. The van der Waals surface area contributed by atoms with Crippen LogP contribution in [0.25, 0.3) is 10.9 Å². The molecule has 2 aromatic heterocycles. The molecule has 2 heterocycles. The van der Waals surface area contributed by atoms with E-state index in [0.717, 1.165) is 0 Å². The number of ether oxygens (including phenoxy) is 1. The summed E-state index contributed by atoms with van der Waals surface area (Å²) in [6.45, 7) is 3.58. The Kier molecular flexibility index (Phi) is 5.39. The fourth-order valence-corrected chi connectivity index (χ4v) is 2.90. The molecule has 0 unspecified atom stereocenters. The number of carbonyl (C=O) groups excluding carboxylic acids is 1. The lowest BCUT2D eigenvalue weighted by Crippen LogP contribution is -2.36. The number of pyridine rings is 2. The number of amides is 1. The van der Waals surface area contributed by atoms with E-state index in [1.54, 1.807) is 56.6 Å². The number of rotatable bonds is 6. The van der Waals surface area contributed by atoms with Crippen LogP contribution in [0, 0.1) is 6.92 Å². The third kappa shape index (κ3) is 3.85. The number of anilines is 1. The fourth-order valence-electron chi connectivity index (χ4n) is 2.90. The van der Waals surface area contributed by atoms with Gasteiger partial charge in [0.2, 0.25) is 0 Å². The van der Waals surface area contributed by atoms with Gasteiger partial charge in [0.1, 0.15) is 17.9 Å². The van der Waals surface area contributed by atoms with Gasteiger partial charge in [-0.05, 0) is 38.1 Å². The van der Waals surface area contributed by atoms with Crippen LogP contribution in [0.15, 0.2) is 42.7 Å². The third-order valence-electron chi connectivity index (χ3n) is 4.22. The summed E-state index contributed by atoms with van der Waals surface area (Å²) in [5, 5.41) is 12.7. The van der Waals surface area contributed by atoms with Gasteiger partial charge in [0.25, 0.3) is 5.91 Å². The highest BCUT2D eigenvalue weighted by Crippen LogP contribution is 2.33. The zero-order valence-electron chi connectivity index (χ0n) is 15.5. The molecule has 3 rings (SSSR count). The van der Waals surface area contributed by atoms with Crippen molar-refractivity contribution in [1.82, 2.24) is 15.3 Å². The highest BCUT2D eigenvalue weighted by molar-refractivity contribution is 6.06. The van der Waals surface area contributed by atoms with Crippen LogP contribution in [-0.2, 0) is 0 Å². The molecule has 8 nitrogen and oxygen atoms in total. The average Bonchev–Trinajstić information content (AvgIpc) is 2.66. The lowest BCUT2D eigenvalue weighted by atomic mass is 10.1. The molecule has 8 heteroatoms.